The Hall–Kier alpha value is -0.0800. The van der Waals surface area contributed by atoms with E-state index in [2.05, 4.69) is 33.0 Å². The molecule has 1 fully saturated rings. The molecule has 0 heterocycles. The van der Waals surface area contributed by atoms with Crippen molar-refractivity contribution in [2.24, 2.45) is 11.8 Å². The summed E-state index contributed by atoms with van der Waals surface area (Å²) in [5.41, 5.74) is -0.0354. The van der Waals surface area contributed by atoms with Crippen LogP contribution in [0.4, 0.5) is 0 Å². The van der Waals surface area contributed by atoms with Gasteiger partial charge in [-0.15, -0.1) is 0 Å². The minimum atomic E-state index is -0.0354. The van der Waals surface area contributed by atoms with Crippen LogP contribution in [0.25, 0.3) is 0 Å². The lowest BCUT2D eigenvalue weighted by Crippen LogP contribution is -2.44. The highest BCUT2D eigenvalue weighted by Gasteiger charge is 2.26. The van der Waals surface area contributed by atoms with Gasteiger partial charge >= 0.3 is 0 Å². The quantitative estimate of drug-likeness (QED) is 0.775. The van der Waals surface area contributed by atoms with Gasteiger partial charge in [-0.1, -0.05) is 13.8 Å². The Bertz CT molecular complexity index is 191. The smallest absolute Gasteiger partial charge is 0.0746 e. The summed E-state index contributed by atoms with van der Waals surface area (Å²) in [6, 6.07) is 0.700. The molecular weight excluding hydrogens is 186 g/mol. The molecule has 0 aromatic heterocycles. The van der Waals surface area contributed by atoms with Gasteiger partial charge in [0.2, 0.25) is 0 Å². The number of hydrogen-bond acceptors (Lipinski definition) is 2. The topological polar surface area (TPSA) is 21.3 Å². The van der Waals surface area contributed by atoms with E-state index in [1.54, 1.807) is 7.11 Å². The van der Waals surface area contributed by atoms with Crippen molar-refractivity contribution in [1.29, 1.82) is 0 Å². The van der Waals surface area contributed by atoms with Crippen LogP contribution in [0.15, 0.2) is 0 Å². The lowest BCUT2D eigenvalue weighted by molar-refractivity contribution is 0.0187. The first-order valence-corrected chi connectivity index (χ1v) is 6.23. The first kappa shape index (κ1) is 13.0. The van der Waals surface area contributed by atoms with Gasteiger partial charge in [0.15, 0.2) is 0 Å². The molecule has 0 bridgehead atoms. The summed E-state index contributed by atoms with van der Waals surface area (Å²) < 4.78 is 5.41. The van der Waals surface area contributed by atoms with Crippen molar-refractivity contribution in [1.82, 2.24) is 5.32 Å². The molecule has 1 aliphatic carbocycles. The zero-order chi connectivity index (χ0) is 11.5. The van der Waals surface area contributed by atoms with Crippen molar-refractivity contribution in [3.8, 4) is 0 Å². The summed E-state index contributed by atoms with van der Waals surface area (Å²) in [5.74, 6) is 1.76. The van der Waals surface area contributed by atoms with E-state index in [9.17, 15) is 0 Å². The molecule has 90 valence electrons. The predicted octanol–water partition coefficient (Wildman–Crippen LogP) is 2.83. The SMILES string of the molecule is COC(C)(C)CNC1CCC(C)C(C)C1. The highest BCUT2D eigenvalue weighted by atomic mass is 16.5. The highest BCUT2D eigenvalue weighted by molar-refractivity contribution is 4.82. The maximum Gasteiger partial charge on any atom is 0.0746 e. The molecule has 3 atom stereocenters. The van der Waals surface area contributed by atoms with Crippen LogP contribution in [0, 0.1) is 11.8 Å². The first-order chi connectivity index (χ1) is 6.94. The molecule has 0 aromatic carbocycles. The molecule has 0 saturated heterocycles. The van der Waals surface area contributed by atoms with Crippen molar-refractivity contribution in [3.63, 3.8) is 0 Å². The van der Waals surface area contributed by atoms with Gasteiger partial charge in [0, 0.05) is 19.7 Å². The van der Waals surface area contributed by atoms with Crippen molar-refractivity contribution in [2.45, 2.75) is 58.6 Å². The van der Waals surface area contributed by atoms with Crippen LogP contribution in [0.5, 0.6) is 0 Å². The standard InChI is InChI=1S/C13H27NO/c1-10-6-7-12(8-11(10)2)14-9-13(3,4)15-5/h10-12,14H,6-9H2,1-5H3. The Morgan fingerprint density at radius 1 is 1.20 bits per heavy atom. The second kappa shape index (κ2) is 5.31. The van der Waals surface area contributed by atoms with E-state index in [0.29, 0.717) is 6.04 Å². The van der Waals surface area contributed by atoms with E-state index in [0.717, 1.165) is 18.4 Å². The molecule has 2 nitrogen and oxygen atoms in total. The Balaban J connectivity index is 2.28. The van der Waals surface area contributed by atoms with Crippen LogP contribution in [-0.4, -0.2) is 25.3 Å². The molecule has 0 amide bonds. The second-order valence-electron chi connectivity index (χ2n) is 5.81. The van der Waals surface area contributed by atoms with Crippen molar-refractivity contribution in [2.75, 3.05) is 13.7 Å². The fourth-order valence-electron chi connectivity index (χ4n) is 2.20. The molecular formula is C13H27NO. The third-order valence-corrected chi connectivity index (χ3v) is 3.97. The Labute approximate surface area is 94.8 Å². The van der Waals surface area contributed by atoms with Gasteiger partial charge in [-0.2, -0.15) is 0 Å². The van der Waals surface area contributed by atoms with Gasteiger partial charge in [-0.3, -0.25) is 0 Å². The monoisotopic (exact) mass is 213 g/mol. The molecule has 1 aliphatic rings. The maximum atomic E-state index is 5.41. The third kappa shape index (κ3) is 4.12. The molecule has 1 rings (SSSR count). The first-order valence-electron chi connectivity index (χ1n) is 6.23. The highest BCUT2D eigenvalue weighted by Crippen LogP contribution is 2.29. The van der Waals surface area contributed by atoms with E-state index in [-0.39, 0.29) is 5.60 Å². The predicted molar refractivity (Wildman–Crippen MR) is 65.1 cm³/mol. The van der Waals surface area contributed by atoms with Gasteiger partial charge in [-0.25, -0.2) is 0 Å². The molecule has 0 aliphatic heterocycles. The fraction of sp³-hybridized carbons (Fsp3) is 1.00. The van der Waals surface area contributed by atoms with E-state index in [1.165, 1.54) is 19.3 Å². The molecule has 1 saturated carbocycles. The Kier molecular flexibility index (Phi) is 4.60. The number of rotatable bonds is 4. The average Bonchev–Trinajstić information content (AvgIpc) is 2.20. The zero-order valence-corrected chi connectivity index (χ0v) is 11.0. The molecule has 0 spiro atoms. The van der Waals surface area contributed by atoms with Crippen LogP contribution >= 0.6 is 0 Å². The van der Waals surface area contributed by atoms with Crippen molar-refractivity contribution in [3.05, 3.63) is 0 Å². The van der Waals surface area contributed by atoms with Crippen LogP contribution in [0.1, 0.15) is 47.0 Å². The summed E-state index contributed by atoms with van der Waals surface area (Å²) in [7, 11) is 1.78. The van der Waals surface area contributed by atoms with Gasteiger partial charge in [0.25, 0.3) is 0 Å². The van der Waals surface area contributed by atoms with Crippen molar-refractivity contribution >= 4 is 0 Å². The molecule has 1 N–H and O–H groups in total. The molecule has 0 aromatic rings. The third-order valence-electron chi connectivity index (χ3n) is 3.97. The van der Waals surface area contributed by atoms with Crippen LogP contribution in [0.3, 0.4) is 0 Å². The van der Waals surface area contributed by atoms with Crippen molar-refractivity contribution < 1.29 is 4.74 Å². The van der Waals surface area contributed by atoms with E-state index in [4.69, 9.17) is 4.74 Å². The fourth-order valence-corrected chi connectivity index (χ4v) is 2.20. The summed E-state index contributed by atoms with van der Waals surface area (Å²) in [6.45, 7) is 9.97. The number of nitrogens with one attached hydrogen (secondary N) is 1. The molecule has 0 radical (unpaired) electrons. The number of hydrogen-bond donors (Lipinski definition) is 1. The number of methoxy groups -OCH3 is 1. The lowest BCUT2D eigenvalue weighted by Gasteiger charge is -2.34. The maximum absolute atomic E-state index is 5.41. The van der Waals surface area contributed by atoms with E-state index < -0.39 is 0 Å². The summed E-state index contributed by atoms with van der Waals surface area (Å²) >= 11 is 0. The minimum absolute atomic E-state index is 0.0354. The van der Waals surface area contributed by atoms with E-state index in [1.807, 2.05) is 0 Å². The lowest BCUT2D eigenvalue weighted by atomic mass is 9.79. The van der Waals surface area contributed by atoms with Crippen LogP contribution < -0.4 is 5.32 Å². The largest absolute Gasteiger partial charge is 0.377 e. The Morgan fingerprint density at radius 3 is 2.40 bits per heavy atom. The molecule has 3 unspecified atom stereocenters. The second-order valence-corrected chi connectivity index (χ2v) is 5.81. The summed E-state index contributed by atoms with van der Waals surface area (Å²) in [6.07, 6.45) is 4.01. The van der Waals surface area contributed by atoms with Gasteiger partial charge in [-0.05, 0) is 44.9 Å². The Morgan fingerprint density at radius 2 is 1.87 bits per heavy atom. The van der Waals surface area contributed by atoms with E-state index >= 15 is 0 Å². The van der Waals surface area contributed by atoms with Crippen LogP contribution in [0.2, 0.25) is 0 Å². The van der Waals surface area contributed by atoms with Gasteiger partial charge < -0.3 is 10.1 Å². The normalized spacial score (nSPS) is 33.0. The molecule has 2 heteroatoms. The van der Waals surface area contributed by atoms with Crippen LogP contribution in [-0.2, 0) is 4.74 Å². The molecule has 15 heavy (non-hydrogen) atoms. The number of ether oxygens (including phenoxy) is 1. The van der Waals surface area contributed by atoms with Gasteiger partial charge in [0.1, 0.15) is 0 Å². The minimum Gasteiger partial charge on any atom is -0.377 e. The van der Waals surface area contributed by atoms with Gasteiger partial charge in [0.05, 0.1) is 5.60 Å². The summed E-state index contributed by atoms with van der Waals surface area (Å²) in [4.78, 5) is 0. The summed E-state index contributed by atoms with van der Waals surface area (Å²) in [5, 5.41) is 3.64. The average molecular weight is 213 g/mol. The zero-order valence-electron chi connectivity index (χ0n) is 11.0.